The molecule has 7 nitrogen and oxygen atoms in total. The summed E-state index contributed by atoms with van der Waals surface area (Å²) in [4.78, 5) is 27.4. The lowest BCUT2D eigenvalue weighted by Crippen LogP contribution is -2.45. The van der Waals surface area contributed by atoms with Gasteiger partial charge in [0.2, 0.25) is 5.91 Å². The van der Waals surface area contributed by atoms with Gasteiger partial charge in [0.05, 0.1) is 6.61 Å². The first-order chi connectivity index (χ1) is 14.2. The average Bonchev–Trinajstić information content (AvgIpc) is 3.26. The van der Waals surface area contributed by atoms with E-state index in [9.17, 15) is 9.59 Å². The van der Waals surface area contributed by atoms with Crippen LogP contribution in [0.1, 0.15) is 62.2 Å². The van der Waals surface area contributed by atoms with Gasteiger partial charge >= 0.3 is 0 Å². The number of hydrogen-bond acceptors (Lipinski definition) is 5. The standard InChI is InChI=1S/C22H29N3O4/c1-2-3-14-28-19-11-9-17(10-12-19)22(27)25(18-7-5-4-6-8-18)16-21(26)23-20-13-15-29-24-20/h9-13,15,18H,2-8,14,16H2,1H3,(H,23,24,26). The first-order valence-corrected chi connectivity index (χ1v) is 10.4. The van der Waals surface area contributed by atoms with E-state index in [4.69, 9.17) is 9.26 Å². The van der Waals surface area contributed by atoms with Gasteiger partial charge in [-0.15, -0.1) is 0 Å². The van der Waals surface area contributed by atoms with Crippen molar-refractivity contribution in [1.82, 2.24) is 10.1 Å². The monoisotopic (exact) mass is 399 g/mol. The number of benzene rings is 1. The Morgan fingerprint density at radius 2 is 1.93 bits per heavy atom. The van der Waals surface area contributed by atoms with Gasteiger partial charge < -0.3 is 19.5 Å². The molecule has 1 fully saturated rings. The summed E-state index contributed by atoms with van der Waals surface area (Å²) in [6.07, 6.45) is 8.62. The molecule has 156 valence electrons. The Hall–Kier alpha value is -2.83. The zero-order valence-corrected chi connectivity index (χ0v) is 16.9. The van der Waals surface area contributed by atoms with Gasteiger partial charge in [0.15, 0.2) is 5.82 Å². The van der Waals surface area contributed by atoms with E-state index in [1.165, 1.54) is 12.7 Å². The van der Waals surface area contributed by atoms with E-state index >= 15 is 0 Å². The molecule has 0 radical (unpaired) electrons. The van der Waals surface area contributed by atoms with Crippen LogP contribution in [-0.2, 0) is 4.79 Å². The summed E-state index contributed by atoms with van der Waals surface area (Å²) in [5.41, 5.74) is 0.563. The van der Waals surface area contributed by atoms with Crippen LogP contribution in [0.4, 0.5) is 5.82 Å². The second-order valence-corrected chi connectivity index (χ2v) is 7.38. The van der Waals surface area contributed by atoms with Gasteiger partial charge in [-0.25, -0.2) is 0 Å². The molecule has 0 aliphatic heterocycles. The molecule has 1 aliphatic carbocycles. The van der Waals surface area contributed by atoms with Crippen LogP contribution in [0.2, 0.25) is 0 Å². The molecule has 1 aromatic heterocycles. The molecule has 2 aromatic rings. The molecule has 1 aromatic carbocycles. The highest BCUT2D eigenvalue weighted by Crippen LogP contribution is 2.25. The number of carbonyl (C=O) groups is 2. The molecule has 3 rings (SSSR count). The summed E-state index contributed by atoms with van der Waals surface area (Å²) in [6.45, 7) is 2.77. The quantitative estimate of drug-likeness (QED) is 0.637. The molecule has 1 saturated carbocycles. The number of anilines is 1. The van der Waals surface area contributed by atoms with Crippen molar-refractivity contribution in [3.8, 4) is 5.75 Å². The summed E-state index contributed by atoms with van der Waals surface area (Å²) in [7, 11) is 0. The van der Waals surface area contributed by atoms with Crippen LogP contribution in [0.15, 0.2) is 41.1 Å². The molecule has 0 atom stereocenters. The number of rotatable bonds is 9. The minimum atomic E-state index is -0.280. The van der Waals surface area contributed by atoms with E-state index in [2.05, 4.69) is 17.4 Å². The summed E-state index contributed by atoms with van der Waals surface area (Å²) >= 11 is 0. The maximum Gasteiger partial charge on any atom is 0.254 e. The SMILES string of the molecule is CCCCOc1ccc(C(=O)N(CC(=O)Nc2ccon2)C2CCCCC2)cc1. The number of ether oxygens (including phenoxy) is 1. The molecule has 1 N–H and O–H groups in total. The lowest BCUT2D eigenvalue weighted by Gasteiger charge is -2.34. The Morgan fingerprint density at radius 3 is 2.59 bits per heavy atom. The van der Waals surface area contributed by atoms with E-state index in [1.807, 2.05) is 12.1 Å². The molecule has 0 bridgehead atoms. The van der Waals surface area contributed by atoms with E-state index in [0.717, 1.165) is 44.3 Å². The van der Waals surface area contributed by atoms with Crippen molar-refractivity contribution in [3.63, 3.8) is 0 Å². The predicted molar refractivity (Wildman–Crippen MR) is 110 cm³/mol. The largest absolute Gasteiger partial charge is 0.494 e. The van der Waals surface area contributed by atoms with Crippen molar-refractivity contribution < 1.29 is 18.8 Å². The molecule has 0 unspecified atom stereocenters. The van der Waals surface area contributed by atoms with E-state index in [1.54, 1.807) is 23.1 Å². The van der Waals surface area contributed by atoms with Gasteiger partial charge in [0, 0.05) is 17.7 Å². The third-order valence-electron chi connectivity index (χ3n) is 5.16. The number of carbonyl (C=O) groups excluding carboxylic acids is 2. The van der Waals surface area contributed by atoms with Crippen LogP contribution in [0, 0.1) is 0 Å². The molecule has 1 heterocycles. The van der Waals surface area contributed by atoms with Crippen LogP contribution in [-0.4, -0.2) is 41.1 Å². The van der Waals surface area contributed by atoms with Crippen molar-refractivity contribution >= 4 is 17.6 Å². The molecule has 29 heavy (non-hydrogen) atoms. The third kappa shape index (κ3) is 6.07. The Labute approximate surface area is 171 Å². The summed E-state index contributed by atoms with van der Waals surface area (Å²) < 4.78 is 10.4. The Balaban J connectivity index is 1.68. The highest BCUT2D eigenvalue weighted by molar-refractivity contribution is 5.99. The van der Waals surface area contributed by atoms with Crippen LogP contribution < -0.4 is 10.1 Å². The smallest absolute Gasteiger partial charge is 0.254 e. The molecule has 2 amide bonds. The van der Waals surface area contributed by atoms with Gasteiger partial charge in [-0.2, -0.15) is 0 Å². The van der Waals surface area contributed by atoms with Crippen LogP contribution >= 0.6 is 0 Å². The Kier molecular flexibility index (Phi) is 7.67. The van der Waals surface area contributed by atoms with Crippen molar-refractivity contribution in [2.75, 3.05) is 18.5 Å². The van der Waals surface area contributed by atoms with Gasteiger partial charge in [0.1, 0.15) is 18.6 Å². The van der Waals surface area contributed by atoms with E-state index < -0.39 is 0 Å². The van der Waals surface area contributed by atoms with E-state index in [0.29, 0.717) is 18.0 Å². The lowest BCUT2D eigenvalue weighted by molar-refractivity contribution is -0.117. The molecular formula is C22H29N3O4. The number of unbranched alkanes of at least 4 members (excludes halogenated alkanes) is 1. The molecular weight excluding hydrogens is 370 g/mol. The predicted octanol–water partition coefficient (Wildman–Crippen LogP) is 4.27. The molecule has 7 heteroatoms. The van der Waals surface area contributed by atoms with Crippen LogP contribution in [0.25, 0.3) is 0 Å². The first-order valence-electron chi connectivity index (χ1n) is 10.4. The topological polar surface area (TPSA) is 84.7 Å². The zero-order valence-electron chi connectivity index (χ0n) is 16.9. The lowest BCUT2D eigenvalue weighted by atomic mass is 9.93. The van der Waals surface area contributed by atoms with Crippen molar-refractivity contribution in [2.24, 2.45) is 0 Å². The molecule has 1 aliphatic rings. The zero-order chi connectivity index (χ0) is 20.5. The maximum atomic E-state index is 13.2. The van der Waals surface area contributed by atoms with Gasteiger partial charge in [0.25, 0.3) is 5.91 Å². The number of amides is 2. The van der Waals surface area contributed by atoms with Crippen molar-refractivity contribution in [1.29, 1.82) is 0 Å². The highest BCUT2D eigenvalue weighted by atomic mass is 16.5. The number of hydrogen-bond donors (Lipinski definition) is 1. The summed E-state index contributed by atoms with van der Waals surface area (Å²) in [6, 6.07) is 8.82. The summed E-state index contributed by atoms with van der Waals surface area (Å²) in [5.74, 6) is 0.687. The number of nitrogens with zero attached hydrogens (tertiary/aromatic N) is 2. The normalized spacial score (nSPS) is 14.4. The third-order valence-corrected chi connectivity index (χ3v) is 5.16. The Morgan fingerprint density at radius 1 is 1.17 bits per heavy atom. The van der Waals surface area contributed by atoms with Crippen molar-refractivity contribution in [2.45, 2.75) is 57.9 Å². The average molecular weight is 399 g/mol. The van der Waals surface area contributed by atoms with E-state index in [-0.39, 0.29) is 24.4 Å². The van der Waals surface area contributed by atoms with Gasteiger partial charge in [-0.3, -0.25) is 9.59 Å². The van der Waals surface area contributed by atoms with Crippen LogP contribution in [0.3, 0.4) is 0 Å². The number of nitrogens with one attached hydrogen (secondary N) is 1. The fraction of sp³-hybridized carbons (Fsp3) is 0.500. The van der Waals surface area contributed by atoms with Gasteiger partial charge in [-0.05, 0) is 43.5 Å². The first kappa shape index (κ1) is 20.9. The van der Waals surface area contributed by atoms with Crippen molar-refractivity contribution in [3.05, 3.63) is 42.2 Å². The minimum absolute atomic E-state index is 0.00882. The highest BCUT2D eigenvalue weighted by Gasteiger charge is 2.28. The van der Waals surface area contributed by atoms with Crippen LogP contribution in [0.5, 0.6) is 5.75 Å². The van der Waals surface area contributed by atoms with Gasteiger partial charge in [-0.1, -0.05) is 37.8 Å². The minimum Gasteiger partial charge on any atom is -0.494 e. The second-order valence-electron chi connectivity index (χ2n) is 7.38. The fourth-order valence-corrected chi connectivity index (χ4v) is 3.57. The maximum absolute atomic E-state index is 13.2. The fourth-order valence-electron chi connectivity index (χ4n) is 3.57. The molecule has 0 spiro atoms. The molecule has 0 saturated heterocycles. The summed E-state index contributed by atoms with van der Waals surface area (Å²) in [5, 5.41) is 6.37. The second kappa shape index (κ2) is 10.6. The number of aromatic nitrogens is 1. The Bertz CT molecular complexity index is 768.